The van der Waals surface area contributed by atoms with Gasteiger partial charge in [-0.3, -0.25) is 4.79 Å². The minimum Gasteiger partial charge on any atom is -0.383 e. The van der Waals surface area contributed by atoms with Crippen LogP contribution >= 0.6 is 11.8 Å². The number of nitriles is 2. The van der Waals surface area contributed by atoms with Crippen LogP contribution in [0.15, 0.2) is 76.8 Å². The van der Waals surface area contributed by atoms with Crippen molar-refractivity contribution in [3.8, 4) is 23.3 Å². The Bertz CT molecular complexity index is 1730. The number of amides is 1. The van der Waals surface area contributed by atoms with Crippen molar-refractivity contribution in [1.29, 1.82) is 10.5 Å². The fourth-order valence-corrected chi connectivity index (χ4v) is 5.27. The lowest BCUT2D eigenvalue weighted by molar-refractivity contribution is -0.113. The second-order valence-electron chi connectivity index (χ2n) is 8.01. The molecule has 0 aliphatic rings. The molecule has 0 saturated heterocycles. The van der Waals surface area contributed by atoms with Gasteiger partial charge < -0.3 is 11.1 Å². The summed E-state index contributed by atoms with van der Waals surface area (Å²) in [5.41, 5.74) is 8.20. The number of nitrogen functional groups attached to an aromatic ring is 1. The van der Waals surface area contributed by atoms with E-state index in [4.69, 9.17) is 5.73 Å². The number of carbonyl (C=O) groups excluding carboxylic acids is 1. The summed E-state index contributed by atoms with van der Waals surface area (Å²) in [6, 6.07) is 20.2. The molecule has 13 heteroatoms. The number of aromatic nitrogens is 3. The molecule has 0 fully saturated rings. The Kier molecular flexibility index (Phi) is 8.05. The summed E-state index contributed by atoms with van der Waals surface area (Å²) in [6.07, 6.45) is 1.45. The molecule has 0 radical (unpaired) electrons. The largest absolute Gasteiger partial charge is 0.383 e. The number of thioether (sulfide) groups is 1. The van der Waals surface area contributed by atoms with Gasteiger partial charge >= 0.3 is 0 Å². The molecule has 194 valence electrons. The van der Waals surface area contributed by atoms with Crippen LogP contribution in [-0.4, -0.2) is 35.0 Å². The van der Waals surface area contributed by atoms with Crippen LogP contribution < -0.4 is 15.8 Å². The summed E-state index contributed by atoms with van der Waals surface area (Å²) in [7, 11) is -3.93. The molecule has 4 rings (SSSR count). The minimum atomic E-state index is -3.93. The van der Waals surface area contributed by atoms with Gasteiger partial charge in [-0.05, 0) is 42.8 Å². The zero-order valence-electron chi connectivity index (χ0n) is 20.4. The van der Waals surface area contributed by atoms with Gasteiger partial charge in [0.05, 0.1) is 16.2 Å². The average molecular weight is 557 g/mol. The van der Waals surface area contributed by atoms with Crippen LogP contribution in [0.4, 0.5) is 17.5 Å². The molecule has 0 spiro atoms. The molecule has 4 aromatic rings. The third-order valence-corrected chi connectivity index (χ3v) is 7.61. The van der Waals surface area contributed by atoms with Crippen LogP contribution in [0, 0.1) is 29.6 Å². The molecule has 2 aromatic carbocycles. The Balaban J connectivity index is 1.47. The molecule has 0 unspecified atom stereocenters. The first-order valence-electron chi connectivity index (χ1n) is 11.3. The Hall–Kier alpha value is -4.98. The lowest BCUT2D eigenvalue weighted by atomic mass is 9.97. The Labute approximate surface area is 228 Å². The Morgan fingerprint density at radius 2 is 1.69 bits per heavy atom. The van der Waals surface area contributed by atoms with Gasteiger partial charge in [0.15, 0.2) is 0 Å². The van der Waals surface area contributed by atoms with Crippen molar-refractivity contribution in [2.24, 2.45) is 0 Å². The van der Waals surface area contributed by atoms with Crippen molar-refractivity contribution < 1.29 is 13.2 Å². The second-order valence-corrected chi connectivity index (χ2v) is 10.7. The van der Waals surface area contributed by atoms with E-state index in [1.807, 2.05) is 12.1 Å². The van der Waals surface area contributed by atoms with Crippen LogP contribution in [0.3, 0.4) is 0 Å². The first kappa shape index (κ1) is 27.1. The van der Waals surface area contributed by atoms with Crippen LogP contribution in [0.25, 0.3) is 11.1 Å². The number of benzene rings is 2. The van der Waals surface area contributed by atoms with E-state index in [2.05, 4.69) is 31.1 Å². The van der Waals surface area contributed by atoms with E-state index in [0.717, 1.165) is 11.8 Å². The number of carbonyl (C=O) groups is 1. The summed E-state index contributed by atoms with van der Waals surface area (Å²) in [4.78, 5) is 24.7. The maximum absolute atomic E-state index is 12.6. The van der Waals surface area contributed by atoms with E-state index in [1.54, 1.807) is 37.3 Å². The van der Waals surface area contributed by atoms with Crippen LogP contribution in [0.1, 0.15) is 16.8 Å². The SMILES string of the molecule is Cc1ccnc(NS(=O)(=O)c2ccc(NC(=O)CSc3nc(N)c(C#N)c(-c4ccccc4)c3C#N)cc2)n1. The summed E-state index contributed by atoms with van der Waals surface area (Å²) in [6.45, 7) is 1.71. The summed E-state index contributed by atoms with van der Waals surface area (Å²) < 4.78 is 27.6. The Morgan fingerprint density at radius 1 is 1.00 bits per heavy atom. The highest BCUT2D eigenvalue weighted by molar-refractivity contribution is 8.00. The van der Waals surface area contributed by atoms with E-state index in [-0.39, 0.29) is 38.6 Å². The van der Waals surface area contributed by atoms with Crippen molar-refractivity contribution in [1.82, 2.24) is 15.0 Å². The number of sulfonamides is 1. The molecule has 39 heavy (non-hydrogen) atoms. The second kappa shape index (κ2) is 11.6. The topological polar surface area (TPSA) is 188 Å². The number of aryl methyl sites for hydroxylation is 1. The molecule has 2 heterocycles. The number of nitrogens with one attached hydrogen (secondary N) is 2. The van der Waals surface area contributed by atoms with Gasteiger partial charge in [0.1, 0.15) is 28.5 Å². The summed E-state index contributed by atoms with van der Waals surface area (Å²) in [5.74, 6) is -0.627. The van der Waals surface area contributed by atoms with Crippen molar-refractivity contribution in [3.63, 3.8) is 0 Å². The summed E-state index contributed by atoms with van der Waals surface area (Å²) in [5, 5.41) is 22.4. The number of hydrogen-bond donors (Lipinski definition) is 3. The number of nitrogens with two attached hydrogens (primary N) is 1. The number of rotatable bonds is 8. The Morgan fingerprint density at radius 3 is 2.33 bits per heavy atom. The lowest BCUT2D eigenvalue weighted by Crippen LogP contribution is -2.16. The van der Waals surface area contributed by atoms with Gasteiger partial charge in [0.2, 0.25) is 11.9 Å². The van der Waals surface area contributed by atoms with E-state index in [9.17, 15) is 23.7 Å². The third-order valence-electron chi connectivity index (χ3n) is 5.29. The number of nitrogens with zero attached hydrogens (tertiary/aromatic N) is 5. The van der Waals surface area contributed by atoms with E-state index in [1.165, 1.54) is 30.5 Å². The average Bonchev–Trinajstić information content (AvgIpc) is 2.92. The maximum atomic E-state index is 12.6. The fraction of sp³-hybridized carbons (Fsp3) is 0.0769. The number of anilines is 3. The fourth-order valence-electron chi connectivity index (χ4n) is 3.52. The molecule has 1 amide bonds. The van der Waals surface area contributed by atoms with Gasteiger partial charge in [-0.1, -0.05) is 42.1 Å². The van der Waals surface area contributed by atoms with Gasteiger partial charge in [-0.2, -0.15) is 10.5 Å². The third kappa shape index (κ3) is 6.30. The van der Waals surface area contributed by atoms with Crippen LogP contribution in [0.2, 0.25) is 0 Å². The number of hydrogen-bond acceptors (Lipinski definition) is 10. The van der Waals surface area contributed by atoms with Crippen LogP contribution in [-0.2, 0) is 14.8 Å². The maximum Gasteiger partial charge on any atom is 0.264 e. The highest BCUT2D eigenvalue weighted by Crippen LogP contribution is 2.35. The molecule has 11 nitrogen and oxygen atoms in total. The van der Waals surface area contributed by atoms with Crippen molar-refractivity contribution in [2.75, 3.05) is 21.5 Å². The first-order valence-corrected chi connectivity index (χ1v) is 13.7. The van der Waals surface area contributed by atoms with Crippen LogP contribution in [0.5, 0.6) is 0 Å². The summed E-state index contributed by atoms with van der Waals surface area (Å²) >= 11 is 0.996. The highest BCUT2D eigenvalue weighted by Gasteiger charge is 2.21. The van der Waals surface area contributed by atoms with E-state index < -0.39 is 15.9 Å². The lowest BCUT2D eigenvalue weighted by Gasteiger charge is -2.13. The molecule has 0 bridgehead atoms. The molecule has 4 N–H and O–H groups in total. The molecule has 0 saturated carbocycles. The predicted molar refractivity (Wildman–Crippen MR) is 147 cm³/mol. The van der Waals surface area contributed by atoms with E-state index >= 15 is 0 Å². The number of pyridine rings is 1. The minimum absolute atomic E-state index is 0.0376. The standard InChI is InChI=1S/C26H20N8O3S2/c1-16-11-12-30-26(31-16)34-39(36,37)19-9-7-18(8-10-19)32-22(35)15-38-25-21(14-28)23(17-5-3-2-4-6-17)20(13-27)24(29)33-25/h2-12H,15H2,1H3,(H2,29,33)(H,32,35)(H,30,31,34). The van der Waals surface area contributed by atoms with Crippen molar-refractivity contribution >= 4 is 45.1 Å². The first-order chi connectivity index (χ1) is 18.7. The monoisotopic (exact) mass is 556 g/mol. The molecule has 2 aromatic heterocycles. The molecule has 0 atom stereocenters. The zero-order valence-corrected chi connectivity index (χ0v) is 22.0. The molecular formula is C26H20N8O3S2. The van der Waals surface area contributed by atoms with E-state index in [0.29, 0.717) is 22.5 Å². The smallest absolute Gasteiger partial charge is 0.264 e. The van der Waals surface area contributed by atoms with Gasteiger partial charge in [0, 0.05) is 23.1 Å². The quantitative estimate of drug-likeness (QED) is 0.270. The van der Waals surface area contributed by atoms with Crippen molar-refractivity contribution in [2.45, 2.75) is 16.8 Å². The predicted octanol–water partition coefficient (Wildman–Crippen LogP) is 3.70. The van der Waals surface area contributed by atoms with Gasteiger partial charge in [0.25, 0.3) is 10.0 Å². The molecular weight excluding hydrogens is 536 g/mol. The zero-order chi connectivity index (χ0) is 28.0. The highest BCUT2D eigenvalue weighted by atomic mass is 32.2. The molecule has 0 aliphatic heterocycles. The van der Waals surface area contributed by atoms with Gasteiger partial charge in [-0.15, -0.1) is 0 Å². The van der Waals surface area contributed by atoms with Crippen molar-refractivity contribution in [3.05, 3.63) is 83.7 Å². The molecule has 0 aliphatic carbocycles. The van der Waals surface area contributed by atoms with Gasteiger partial charge in [-0.25, -0.2) is 28.1 Å². The normalized spacial score (nSPS) is 10.7.